The van der Waals surface area contributed by atoms with E-state index in [0.717, 1.165) is 36.0 Å². The van der Waals surface area contributed by atoms with Crippen LogP contribution in [0.1, 0.15) is 46.1 Å². The van der Waals surface area contributed by atoms with Gasteiger partial charge in [0.25, 0.3) is 5.91 Å². The molecule has 5 heteroatoms. The Morgan fingerprint density at radius 2 is 1.93 bits per heavy atom. The second-order valence-electron chi connectivity index (χ2n) is 6.79. The van der Waals surface area contributed by atoms with Crippen molar-refractivity contribution in [2.45, 2.75) is 25.3 Å². The van der Waals surface area contributed by atoms with Gasteiger partial charge >= 0.3 is 0 Å². The van der Waals surface area contributed by atoms with Crippen LogP contribution in [0.2, 0.25) is 0 Å². The third-order valence-corrected chi connectivity index (χ3v) is 5.19. The predicted octanol–water partition coefficient (Wildman–Crippen LogP) is 3.77. The monoisotopic (exact) mass is 356 g/mol. The summed E-state index contributed by atoms with van der Waals surface area (Å²) in [6, 6.07) is 17.0. The Labute approximate surface area is 158 Å². The molecule has 1 amide bonds. The summed E-state index contributed by atoms with van der Waals surface area (Å²) in [5, 5.41) is 16.9. The fourth-order valence-corrected chi connectivity index (χ4v) is 3.82. The average Bonchev–Trinajstić information content (AvgIpc) is 3.10. The highest BCUT2D eigenvalue weighted by atomic mass is 16.1. The molecule has 0 saturated heterocycles. The Hall–Kier alpha value is -3.39. The van der Waals surface area contributed by atoms with Gasteiger partial charge in [0.1, 0.15) is 0 Å². The van der Waals surface area contributed by atoms with Crippen molar-refractivity contribution >= 4 is 5.91 Å². The molecule has 1 N–H and O–H groups in total. The van der Waals surface area contributed by atoms with Crippen LogP contribution in [0.4, 0.5) is 0 Å². The molecule has 1 aliphatic carbocycles. The van der Waals surface area contributed by atoms with Crippen LogP contribution in [0.25, 0.3) is 11.1 Å². The van der Waals surface area contributed by atoms with Gasteiger partial charge in [0.15, 0.2) is 0 Å². The number of rotatable bonds is 3. The number of carbonyl (C=O) groups is 1. The molecule has 1 unspecified atom stereocenters. The van der Waals surface area contributed by atoms with Gasteiger partial charge in [-0.2, -0.15) is 10.4 Å². The number of aryl methyl sites for hydroxylation is 1. The summed E-state index contributed by atoms with van der Waals surface area (Å²) in [6.45, 7) is 0. The summed E-state index contributed by atoms with van der Waals surface area (Å²) in [5.41, 5.74) is 4.98. The fourth-order valence-electron chi connectivity index (χ4n) is 3.82. The molecule has 0 saturated carbocycles. The third kappa shape index (κ3) is 3.11. The van der Waals surface area contributed by atoms with Crippen LogP contribution >= 0.6 is 0 Å². The Kier molecular flexibility index (Phi) is 4.47. The SMILES string of the molecule is Cn1ncc2c1CCCC2NC(=O)c1ccccc1-c1ccccc1C#N. The molecule has 3 aromatic rings. The van der Waals surface area contributed by atoms with Gasteiger partial charge in [0.05, 0.1) is 23.9 Å². The minimum Gasteiger partial charge on any atom is -0.345 e. The minimum atomic E-state index is -0.125. The molecule has 2 aromatic carbocycles. The number of nitrogens with zero attached hydrogens (tertiary/aromatic N) is 3. The number of fused-ring (bicyclic) bond motifs is 1. The molecule has 27 heavy (non-hydrogen) atoms. The lowest BCUT2D eigenvalue weighted by Gasteiger charge is -2.24. The Balaban J connectivity index is 1.68. The van der Waals surface area contributed by atoms with E-state index in [-0.39, 0.29) is 11.9 Å². The molecule has 0 radical (unpaired) electrons. The molecule has 134 valence electrons. The van der Waals surface area contributed by atoms with Crippen molar-refractivity contribution in [3.8, 4) is 17.2 Å². The van der Waals surface area contributed by atoms with E-state index in [1.807, 2.05) is 60.4 Å². The largest absolute Gasteiger partial charge is 0.345 e. The van der Waals surface area contributed by atoms with Gasteiger partial charge < -0.3 is 5.32 Å². The Morgan fingerprint density at radius 1 is 1.19 bits per heavy atom. The van der Waals surface area contributed by atoms with E-state index in [9.17, 15) is 10.1 Å². The van der Waals surface area contributed by atoms with E-state index in [0.29, 0.717) is 11.1 Å². The number of hydrogen-bond donors (Lipinski definition) is 1. The van der Waals surface area contributed by atoms with Crippen LogP contribution in [0.5, 0.6) is 0 Å². The van der Waals surface area contributed by atoms with Crippen LogP contribution in [0, 0.1) is 11.3 Å². The lowest BCUT2D eigenvalue weighted by atomic mass is 9.91. The summed E-state index contributed by atoms with van der Waals surface area (Å²) in [6.07, 6.45) is 4.78. The zero-order valence-electron chi connectivity index (χ0n) is 15.1. The number of hydrogen-bond acceptors (Lipinski definition) is 3. The fraction of sp³-hybridized carbons (Fsp3) is 0.227. The second-order valence-corrected chi connectivity index (χ2v) is 6.79. The average molecular weight is 356 g/mol. The van der Waals surface area contributed by atoms with Crippen LogP contribution < -0.4 is 5.32 Å². The van der Waals surface area contributed by atoms with E-state index in [1.165, 1.54) is 5.69 Å². The quantitative estimate of drug-likeness (QED) is 0.777. The summed E-state index contributed by atoms with van der Waals surface area (Å²) >= 11 is 0. The lowest BCUT2D eigenvalue weighted by Crippen LogP contribution is -2.31. The van der Waals surface area contributed by atoms with E-state index in [1.54, 1.807) is 6.07 Å². The van der Waals surface area contributed by atoms with E-state index < -0.39 is 0 Å². The highest BCUT2D eigenvalue weighted by Gasteiger charge is 2.26. The molecular formula is C22H20N4O. The minimum absolute atomic E-state index is 0.0331. The topological polar surface area (TPSA) is 70.7 Å². The lowest BCUT2D eigenvalue weighted by molar-refractivity contribution is 0.0933. The first-order valence-electron chi connectivity index (χ1n) is 9.09. The highest BCUT2D eigenvalue weighted by Crippen LogP contribution is 2.31. The summed E-state index contributed by atoms with van der Waals surface area (Å²) in [7, 11) is 1.94. The van der Waals surface area contributed by atoms with E-state index in [4.69, 9.17) is 0 Å². The number of carbonyl (C=O) groups excluding carboxylic acids is 1. The maximum atomic E-state index is 13.1. The van der Waals surface area contributed by atoms with E-state index in [2.05, 4.69) is 16.5 Å². The highest BCUT2D eigenvalue weighted by molar-refractivity contribution is 6.01. The molecular weight excluding hydrogens is 336 g/mol. The van der Waals surface area contributed by atoms with Crippen molar-refractivity contribution in [3.05, 3.63) is 77.1 Å². The van der Waals surface area contributed by atoms with Crippen molar-refractivity contribution in [3.63, 3.8) is 0 Å². The van der Waals surface area contributed by atoms with Gasteiger partial charge in [0.2, 0.25) is 0 Å². The molecule has 5 nitrogen and oxygen atoms in total. The molecule has 1 aromatic heterocycles. The Morgan fingerprint density at radius 3 is 2.74 bits per heavy atom. The summed E-state index contributed by atoms with van der Waals surface area (Å²) < 4.78 is 1.89. The normalized spacial score (nSPS) is 15.6. The van der Waals surface area contributed by atoms with Crippen molar-refractivity contribution < 1.29 is 4.79 Å². The molecule has 0 aliphatic heterocycles. The number of benzene rings is 2. The van der Waals surface area contributed by atoms with Crippen LogP contribution in [-0.2, 0) is 13.5 Å². The Bertz CT molecular complexity index is 1040. The standard InChI is InChI=1S/C22H20N4O/c1-26-21-12-6-11-20(19(21)14-24-26)25-22(27)18-10-5-4-9-17(18)16-8-3-2-7-15(16)13-23/h2-5,7-10,14,20H,6,11-12H2,1H3,(H,25,27). The van der Waals surface area contributed by atoms with Gasteiger partial charge in [-0.25, -0.2) is 0 Å². The van der Waals surface area contributed by atoms with Crippen LogP contribution in [0.3, 0.4) is 0 Å². The van der Waals surface area contributed by atoms with E-state index >= 15 is 0 Å². The van der Waals surface area contributed by atoms with Gasteiger partial charge in [-0.3, -0.25) is 9.48 Å². The van der Waals surface area contributed by atoms with Gasteiger partial charge in [-0.05, 0) is 37.0 Å². The molecule has 4 rings (SSSR count). The zero-order valence-corrected chi connectivity index (χ0v) is 15.1. The van der Waals surface area contributed by atoms with Crippen LogP contribution in [-0.4, -0.2) is 15.7 Å². The first kappa shape index (κ1) is 17.0. The number of nitrogens with one attached hydrogen (secondary N) is 1. The molecule has 0 bridgehead atoms. The summed E-state index contributed by atoms with van der Waals surface area (Å²) in [5.74, 6) is -0.125. The second kappa shape index (κ2) is 7.08. The number of aromatic nitrogens is 2. The number of amides is 1. The third-order valence-electron chi connectivity index (χ3n) is 5.19. The van der Waals surface area contributed by atoms with Gasteiger partial charge in [0, 0.05) is 29.4 Å². The smallest absolute Gasteiger partial charge is 0.252 e. The molecule has 0 spiro atoms. The van der Waals surface area contributed by atoms with Gasteiger partial charge in [-0.15, -0.1) is 0 Å². The molecule has 1 atom stereocenters. The zero-order chi connectivity index (χ0) is 18.8. The van der Waals surface area contributed by atoms with Crippen LogP contribution in [0.15, 0.2) is 54.7 Å². The first-order chi connectivity index (χ1) is 13.2. The van der Waals surface area contributed by atoms with Crippen molar-refractivity contribution in [2.75, 3.05) is 0 Å². The molecule has 1 heterocycles. The van der Waals surface area contributed by atoms with Crippen molar-refractivity contribution in [1.82, 2.24) is 15.1 Å². The summed E-state index contributed by atoms with van der Waals surface area (Å²) in [4.78, 5) is 13.1. The van der Waals surface area contributed by atoms with Crippen molar-refractivity contribution in [1.29, 1.82) is 5.26 Å². The molecule has 0 fully saturated rings. The predicted molar refractivity (Wildman–Crippen MR) is 103 cm³/mol. The number of nitriles is 1. The van der Waals surface area contributed by atoms with Gasteiger partial charge in [-0.1, -0.05) is 36.4 Å². The maximum Gasteiger partial charge on any atom is 0.252 e. The maximum absolute atomic E-state index is 13.1. The molecule has 1 aliphatic rings. The first-order valence-corrected chi connectivity index (χ1v) is 9.09. The van der Waals surface area contributed by atoms with Crippen molar-refractivity contribution in [2.24, 2.45) is 7.05 Å².